The first-order chi connectivity index (χ1) is 12.6. The maximum Gasteiger partial charge on any atom is 0.251 e. The first kappa shape index (κ1) is 16.0. The van der Waals surface area contributed by atoms with Gasteiger partial charge in [-0.15, -0.1) is 0 Å². The van der Waals surface area contributed by atoms with Crippen molar-refractivity contribution in [3.63, 3.8) is 0 Å². The Morgan fingerprint density at radius 2 is 2.00 bits per heavy atom. The number of hydrogen-bond acceptors (Lipinski definition) is 4. The molecule has 4 aromatic rings. The summed E-state index contributed by atoms with van der Waals surface area (Å²) in [5, 5.41) is 11.6. The molecule has 0 aliphatic rings. The van der Waals surface area contributed by atoms with E-state index in [-0.39, 0.29) is 5.91 Å². The number of amides is 1. The molecule has 0 fully saturated rings. The molecule has 0 saturated carbocycles. The Labute approximate surface area is 150 Å². The lowest BCUT2D eigenvalue weighted by molar-refractivity contribution is 0.0951. The molecule has 7 heteroatoms. The van der Waals surface area contributed by atoms with Gasteiger partial charge in [0.25, 0.3) is 5.91 Å². The minimum Gasteiger partial charge on any atom is -0.348 e. The zero-order valence-corrected chi connectivity index (χ0v) is 14.5. The monoisotopic (exact) mass is 346 g/mol. The normalized spacial score (nSPS) is 11.0. The highest BCUT2D eigenvalue weighted by Crippen LogP contribution is 2.13. The lowest BCUT2D eigenvalue weighted by Crippen LogP contribution is -2.22. The highest BCUT2D eigenvalue weighted by atomic mass is 16.1. The summed E-state index contributed by atoms with van der Waals surface area (Å²) in [5.74, 6) is -0.139. The number of carbonyl (C=O) groups excluding carboxylic acids is 1. The first-order valence-corrected chi connectivity index (χ1v) is 8.31. The molecule has 3 aromatic heterocycles. The fraction of sp³-hybridized carbons (Fsp3) is 0.158. The van der Waals surface area contributed by atoms with Crippen molar-refractivity contribution in [2.75, 3.05) is 0 Å². The van der Waals surface area contributed by atoms with Gasteiger partial charge in [-0.25, -0.2) is 14.2 Å². The SMILES string of the molecule is Cc1cc(C)n(-c2ccc(C(=O)NCc3cnn4cccnc34)cc2)n1. The van der Waals surface area contributed by atoms with Gasteiger partial charge in [-0.3, -0.25) is 4.79 Å². The molecule has 0 saturated heterocycles. The number of benzene rings is 1. The number of nitrogens with zero attached hydrogens (tertiary/aromatic N) is 5. The lowest BCUT2D eigenvalue weighted by atomic mass is 10.2. The van der Waals surface area contributed by atoms with Crippen LogP contribution >= 0.6 is 0 Å². The van der Waals surface area contributed by atoms with Crippen LogP contribution in [0.1, 0.15) is 27.3 Å². The second-order valence-corrected chi connectivity index (χ2v) is 6.13. The molecule has 0 bridgehead atoms. The zero-order chi connectivity index (χ0) is 18.1. The fourth-order valence-electron chi connectivity index (χ4n) is 2.92. The average molecular weight is 346 g/mol. The lowest BCUT2D eigenvalue weighted by Gasteiger charge is -2.07. The Balaban J connectivity index is 1.47. The molecule has 1 N–H and O–H groups in total. The summed E-state index contributed by atoms with van der Waals surface area (Å²) in [7, 11) is 0. The van der Waals surface area contributed by atoms with Crippen molar-refractivity contribution >= 4 is 11.6 Å². The Morgan fingerprint density at radius 3 is 2.73 bits per heavy atom. The van der Waals surface area contributed by atoms with Gasteiger partial charge >= 0.3 is 0 Å². The average Bonchev–Trinajstić information content (AvgIpc) is 3.22. The Morgan fingerprint density at radius 1 is 1.19 bits per heavy atom. The van der Waals surface area contributed by atoms with E-state index in [4.69, 9.17) is 0 Å². The number of carbonyl (C=O) groups is 1. The molecule has 26 heavy (non-hydrogen) atoms. The highest BCUT2D eigenvalue weighted by Gasteiger charge is 2.10. The van der Waals surface area contributed by atoms with E-state index in [0.717, 1.165) is 28.3 Å². The first-order valence-electron chi connectivity index (χ1n) is 8.31. The van der Waals surface area contributed by atoms with Crippen LogP contribution < -0.4 is 5.32 Å². The van der Waals surface area contributed by atoms with Crippen LogP contribution in [0, 0.1) is 13.8 Å². The van der Waals surface area contributed by atoms with E-state index in [9.17, 15) is 4.79 Å². The number of hydrogen-bond donors (Lipinski definition) is 1. The van der Waals surface area contributed by atoms with Crippen LogP contribution in [0.15, 0.2) is 55.0 Å². The molecule has 1 amide bonds. The van der Waals surface area contributed by atoms with Crippen LogP contribution in [-0.4, -0.2) is 30.3 Å². The van der Waals surface area contributed by atoms with Crippen molar-refractivity contribution < 1.29 is 4.79 Å². The van der Waals surface area contributed by atoms with Crippen molar-refractivity contribution in [1.82, 2.24) is 29.7 Å². The van der Waals surface area contributed by atoms with Gasteiger partial charge in [-0.1, -0.05) is 0 Å². The molecule has 0 unspecified atom stereocenters. The molecular weight excluding hydrogens is 328 g/mol. The van der Waals surface area contributed by atoms with E-state index in [1.165, 1.54) is 0 Å². The summed E-state index contributed by atoms with van der Waals surface area (Å²) in [6.07, 6.45) is 5.25. The smallest absolute Gasteiger partial charge is 0.251 e. The Hall–Kier alpha value is -3.48. The van der Waals surface area contributed by atoms with E-state index in [0.29, 0.717) is 12.1 Å². The summed E-state index contributed by atoms with van der Waals surface area (Å²) >= 11 is 0. The third-order valence-electron chi connectivity index (χ3n) is 4.18. The number of rotatable bonds is 4. The maximum absolute atomic E-state index is 12.4. The Bertz CT molecular complexity index is 1080. The molecule has 0 radical (unpaired) electrons. The minimum absolute atomic E-state index is 0.139. The third-order valence-corrected chi connectivity index (χ3v) is 4.18. The fourth-order valence-corrected chi connectivity index (χ4v) is 2.92. The van der Waals surface area contributed by atoms with Gasteiger partial charge in [-0.2, -0.15) is 10.2 Å². The van der Waals surface area contributed by atoms with Crippen molar-refractivity contribution in [1.29, 1.82) is 0 Å². The molecule has 0 atom stereocenters. The molecule has 0 aliphatic carbocycles. The molecule has 3 heterocycles. The summed E-state index contributed by atoms with van der Waals surface area (Å²) in [5.41, 5.74) is 5.16. The van der Waals surface area contributed by atoms with Crippen LogP contribution in [0.2, 0.25) is 0 Å². The van der Waals surface area contributed by atoms with Crippen molar-refractivity contribution in [2.45, 2.75) is 20.4 Å². The molecule has 0 spiro atoms. The van der Waals surface area contributed by atoms with E-state index >= 15 is 0 Å². The molecule has 4 rings (SSSR count). The van der Waals surface area contributed by atoms with Crippen molar-refractivity contribution in [3.8, 4) is 5.69 Å². The summed E-state index contributed by atoms with van der Waals surface area (Å²) in [4.78, 5) is 16.7. The quantitative estimate of drug-likeness (QED) is 0.616. The molecule has 7 nitrogen and oxygen atoms in total. The van der Waals surface area contributed by atoms with Crippen LogP contribution in [-0.2, 0) is 6.54 Å². The van der Waals surface area contributed by atoms with Gasteiger partial charge in [0.05, 0.1) is 17.6 Å². The summed E-state index contributed by atoms with van der Waals surface area (Å²) in [6.45, 7) is 4.34. The molecule has 0 aliphatic heterocycles. The van der Waals surface area contributed by atoms with Gasteiger partial charge in [0, 0.05) is 35.8 Å². The Kier molecular flexibility index (Phi) is 3.96. The van der Waals surface area contributed by atoms with E-state index in [1.54, 1.807) is 29.0 Å². The van der Waals surface area contributed by atoms with Gasteiger partial charge < -0.3 is 5.32 Å². The number of nitrogens with one attached hydrogen (secondary N) is 1. The van der Waals surface area contributed by atoms with Crippen LogP contribution in [0.4, 0.5) is 0 Å². The topological polar surface area (TPSA) is 77.1 Å². The molecule has 130 valence electrons. The van der Waals surface area contributed by atoms with Gasteiger partial charge in [0.1, 0.15) is 0 Å². The third kappa shape index (κ3) is 2.95. The van der Waals surface area contributed by atoms with Crippen LogP contribution in [0.5, 0.6) is 0 Å². The predicted molar refractivity (Wildman–Crippen MR) is 97.2 cm³/mol. The molecular formula is C19H18N6O. The second kappa shape index (κ2) is 6.44. The van der Waals surface area contributed by atoms with Crippen molar-refractivity contribution in [3.05, 3.63) is 77.5 Å². The number of aryl methyl sites for hydroxylation is 2. The highest BCUT2D eigenvalue weighted by molar-refractivity contribution is 5.94. The second-order valence-electron chi connectivity index (χ2n) is 6.13. The summed E-state index contributed by atoms with van der Waals surface area (Å²) in [6, 6.07) is 11.2. The van der Waals surface area contributed by atoms with Gasteiger partial charge in [0.2, 0.25) is 0 Å². The zero-order valence-electron chi connectivity index (χ0n) is 14.5. The number of fused-ring (bicyclic) bond motifs is 1. The maximum atomic E-state index is 12.4. The van der Waals surface area contributed by atoms with Gasteiger partial charge in [0.15, 0.2) is 5.65 Å². The van der Waals surface area contributed by atoms with E-state index in [2.05, 4.69) is 20.5 Å². The van der Waals surface area contributed by atoms with Gasteiger partial charge in [-0.05, 0) is 50.2 Å². The van der Waals surface area contributed by atoms with Crippen LogP contribution in [0.3, 0.4) is 0 Å². The predicted octanol–water partition coefficient (Wildman–Crippen LogP) is 2.46. The van der Waals surface area contributed by atoms with E-state index in [1.807, 2.05) is 49.0 Å². The largest absolute Gasteiger partial charge is 0.348 e. The summed E-state index contributed by atoms with van der Waals surface area (Å²) < 4.78 is 3.55. The standard InChI is InChI=1S/C19H18N6O/c1-13-10-14(2)25(23-13)17-6-4-15(5-7-17)19(26)21-11-16-12-22-24-9-3-8-20-18(16)24/h3-10,12H,11H2,1-2H3,(H,21,26). The minimum atomic E-state index is -0.139. The van der Waals surface area contributed by atoms with Crippen LogP contribution in [0.25, 0.3) is 11.3 Å². The molecule has 1 aromatic carbocycles. The number of aromatic nitrogens is 5. The van der Waals surface area contributed by atoms with E-state index < -0.39 is 0 Å². The van der Waals surface area contributed by atoms with Crippen molar-refractivity contribution in [2.24, 2.45) is 0 Å².